The number of rotatable bonds is 4. The average molecular weight is 397 g/mol. The summed E-state index contributed by atoms with van der Waals surface area (Å²) in [6.45, 7) is 0.292. The molecule has 0 aliphatic carbocycles. The number of esters is 1. The van der Waals surface area contributed by atoms with E-state index in [2.05, 4.69) is 0 Å². The van der Waals surface area contributed by atoms with E-state index in [0.717, 1.165) is 21.9 Å². The van der Waals surface area contributed by atoms with Crippen molar-refractivity contribution in [2.24, 2.45) is 0 Å². The summed E-state index contributed by atoms with van der Waals surface area (Å²) in [6, 6.07) is 17.5. The van der Waals surface area contributed by atoms with Crippen molar-refractivity contribution < 1.29 is 23.8 Å². The molecule has 2 aliphatic rings. The zero-order chi connectivity index (χ0) is 19.3. The maximum absolute atomic E-state index is 13.1. The lowest BCUT2D eigenvalue weighted by atomic mass is 10.1. The number of benzene rings is 2. The second-order valence-electron chi connectivity index (χ2n) is 6.25. The van der Waals surface area contributed by atoms with Gasteiger partial charge in [0.15, 0.2) is 6.61 Å². The Bertz CT molecular complexity index is 899. The average Bonchev–Trinajstić information content (AvgIpc) is 2.77. The molecule has 4 rings (SSSR count). The number of nitrogens with zero attached hydrogens (tertiary/aromatic N) is 1. The summed E-state index contributed by atoms with van der Waals surface area (Å²) in [4.78, 5) is 27.9. The van der Waals surface area contributed by atoms with Crippen LogP contribution in [-0.4, -0.2) is 37.4 Å². The molecule has 0 fully saturated rings. The second kappa shape index (κ2) is 8.39. The minimum Gasteiger partial charge on any atom is -0.493 e. The molecule has 1 amide bonds. The predicted octanol–water partition coefficient (Wildman–Crippen LogP) is 3.30. The third-order valence-electron chi connectivity index (χ3n) is 4.46. The topological polar surface area (TPSA) is 65.1 Å². The number of hydrogen-bond acceptors (Lipinski definition) is 6. The normalized spacial score (nSPS) is 18.2. The zero-order valence-electron chi connectivity index (χ0n) is 15.1. The monoisotopic (exact) mass is 397 g/mol. The summed E-state index contributed by atoms with van der Waals surface area (Å²) < 4.78 is 15.4. The van der Waals surface area contributed by atoms with Crippen LogP contribution in [0.15, 0.2) is 71.5 Å². The van der Waals surface area contributed by atoms with E-state index in [9.17, 15) is 9.59 Å². The van der Waals surface area contributed by atoms with Crippen LogP contribution in [0.25, 0.3) is 0 Å². The number of anilines is 1. The van der Waals surface area contributed by atoms with E-state index >= 15 is 0 Å². The van der Waals surface area contributed by atoms with E-state index < -0.39 is 5.97 Å². The van der Waals surface area contributed by atoms with Gasteiger partial charge in [-0.2, -0.15) is 0 Å². The molecule has 28 heavy (non-hydrogen) atoms. The van der Waals surface area contributed by atoms with Crippen LogP contribution in [0.4, 0.5) is 5.69 Å². The number of hydrogen-bond donors (Lipinski definition) is 0. The summed E-state index contributed by atoms with van der Waals surface area (Å²) in [7, 11) is 0. The van der Waals surface area contributed by atoms with Crippen molar-refractivity contribution in [3.63, 3.8) is 0 Å². The molecule has 0 aromatic heterocycles. The molecule has 0 N–H and O–H groups in total. The molecule has 6 nitrogen and oxygen atoms in total. The minimum atomic E-state index is -0.705. The van der Waals surface area contributed by atoms with Gasteiger partial charge in [-0.1, -0.05) is 42.5 Å². The molecule has 2 aliphatic heterocycles. The predicted molar refractivity (Wildman–Crippen MR) is 105 cm³/mol. The Hall–Kier alpha value is -2.93. The summed E-state index contributed by atoms with van der Waals surface area (Å²) in [5.41, 5.74) is 1.86. The van der Waals surface area contributed by atoms with E-state index in [1.54, 1.807) is 16.7 Å². The van der Waals surface area contributed by atoms with E-state index in [4.69, 9.17) is 14.2 Å². The quantitative estimate of drug-likeness (QED) is 0.738. The number of carbonyl (C=O) groups is 2. The van der Waals surface area contributed by atoms with Crippen LogP contribution < -0.4 is 4.90 Å². The lowest BCUT2D eigenvalue weighted by Gasteiger charge is -2.37. The van der Waals surface area contributed by atoms with Gasteiger partial charge in [0.05, 0.1) is 11.7 Å². The van der Waals surface area contributed by atoms with Gasteiger partial charge in [0.2, 0.25) is 5.76 Å². The van der Waals surface area contributed by atoms with Gasteiger partial charge >= 0.3 is 5.97 Å². The fourth-order valence-electron chi connectivity index (χ4n) is 3.16. The van der Waals surface area contributed by atoms with Crippen molar-refractivity contribution >= 4 is 29.3 Å². The van der Waals surface area contributed by atoms with Crippen LogP contribution >= 0.6 is 11.8 Å². The molecule has 0 radical (unpaired) electrons. The number of carbonyl (C=O) groups excluding carboxylic acids is 2. The molecule has 7 heteroatoms. The first-order valence-corrected chi connectivity index (χ1v) is 9.93. The largest absolute Gasteiger partial charge is 0.493 e. The summed E-state index contributed by atoms with van der Waals surface area (Å²) >= 11 is 1.71. The fourth-order valence-corrected chi connectivity index (χ4v) is 4.33. The Kier molecular flexibility index (Phi) is 5.53. The highest BCUT2D eigenvalue weighted by Gasteiger charge is 2.33. The Labute approximate surface area is 167 Å². The fraction of sp³-hybridized carbons (Fsp3) is 0.238. The van der Waals surface area contributed by atoms with Gasteiger partial charge in [-0.3, -0.25) is 9.69 Å². The molecule has 0 saturated heterocycles. The van der Waals surface area contributed by atoms with Crippen LogP contribution in [0, 0.1) is 0 Å². The first-order chi connectivity index (χ1) is 13.7. The Morgan fingerprint density at radius 3 is 2.64 bits per heavy atom. The number of amides is 1. The highest BCUT2D eigenvalue weighted by Crippen LogP contribution is 2.43. The van der Waals surface area contributed by atoms with Crippen molar-refractivity contribution in [3.8, 4) is 0 Å². The summed E-state index contributed by atoms with van der Waals surface area (Å²) in [6.07, 6.45) is 1.22. The molecular weight excluding hydrogens is 378 g/mol. The molecule has 1 atom stereocenters. The van der Waals surface area contributed by atoms with Crippen LogP contribution in [0.3, 0.4) is 0 Å². The molecule has 0 spiro atoms. The molecule has 2 heterocycles. The minimum absolute atomic E-state index is 0.0201. The number of para-hydroxylation sites is 1. The molecule has 2 aromatic rings. The standard InChI is InChI=1S/C21H19NO5S/c23-20(13-27-21(24)18-12-25-10-11-26-18)22-16-8-4-5-9-19(16)28-14-17(22)15-6-2-1-3-7-15/h1-9,12,17H,10-11,13-14H2/t17-/m0/s1. The van der Waals surface area contributed by atoms with Gasteiger partial charge < -0.3 is 14.2 Å². The van der Waals surface area contributed by atoms with Gasteiger partial charge in [-0.05, 0) is 17.7 Å². The van der Waals surface area contributed by atoms with Crippen LogP contribution in [0.5, 0.6) is 0 Å². The Balaban J connectivity index is 1.55. The smallest absolute Gasteiger partial charge is 0.377 e. The highest BCUT2D eigenvalue weighted by atomic mass is 32.2. The van der Waals surface area contributed by atoms with Crippen LogP contribution in [0.1, 0.15) is 11.6 Å². The highest BCUT2D eigenvalue weighted by molar-refractivity contribution is 7.99. The maximum Gasteiger partial charge on any atom is 0.377 e. The maximum atomic E-state index is 13.1. The number of fused-ring (bicyclic) bond motifs is 1. The van der Waals surface area contributed by atoms with Gasteiger partial charge in [-0.25, -0.2) is 4.79 Å². The molecule has 0 bridgehead atoms. The van der Waals surface area contributed by atoms with E-state index in [1.165, 1.54) is 6.26 Å². The molecule has 0 unspecified atom stereocenters. The zero-order valence-corrected chi connectivity index (χ0v) is 15.9. The first-order valence-electron chi connectivity index (χ1n) is 8.94. The summed E-state index contributed by atoms with van der Waals surface area (Å²) in [5.74, 6) is -0.285. The third-order valence-corrected chi connectivity index (χ3v) is 5.60. The van der Waals surface area contributed by atoms with E-state index in [-0.39, 0.29) is 30.9 Å². The van der Waals surface area contributed by atoms with Crippen LogP contribution in [0.2, 0.25) is 0 Å². The number of thioether (sulfide) groups is 1. The van der Waals surface area contributed by atoms with E-state index in [0.29, 0.717) is 6.61 Å². The second-order valence-corrected chi connectivity index (χ2v) is 7.31. The lowest BCUT2D eigenvalue weighted by Crippen LogP contribution is -2.41. The SMILES string of the molecule is O=C(OCC(=O)N1c2ccccc2SC[C@H]1c1ccccc1)C1=COCCO1. The molecule has 2 aromatic carbocycles. The van der Waals surface area contributed by atoms with Gasteiger partial charge in [0, 0.05) is 10.6 Å². The Morgan fingerprint density at radius 1 is 1.07 bits per heavy atom. The molecule has 144 valence electrons. The van der Waals surface area contributed by atoms with Crippen molar-refractivity contribution in [2.75, 3.05) is 30.5 Å². The van der Waals surface area contributed by atoms with Gasteiger partial charge in [0.1, 0.15) is 19.5 Å². The Morgan fingerprint density at radius 2 is 1.86 bits per heavy atom. The van der Waals surface area contributed by atoms with Gasteiger partial charge in [0.25, 0.3) is 5.91 Å². The van der Waals surface area contributed by atoms with Crippen molar-refractivity contribution in [1.29, 1.82) is 0 Å². The molecular formula is C21H19NO5S. The van der Waals surface area contributed by atoms with E-state index in [1.807, 2.05) is 54.6 Å². The summed E-state index contributed by atoms with van der Waals surface area (Å²) in [5, 5.41) is 0. The lowest BCUT2D eigenvalue weighted by molar-refractivity contribution is -0.148. The first kappa shape index (κ1) is 18.4. The van der Waals surface area contributed by atoms with Crippen molar-refractivity contribution in [1.82, 2.24) is 0 Å². The van der Waals surface area contributed by atoms with Crippen LogP contribution in [-0.2, 0) is 23.8 Å². The van der Waals surface area contributed by atoms with Crippen molar-refractivity contribution in [2.45, 2.75) is 10.9 Å². The molecule has 0 saturated carbocycles. The number of ether oxygens (including phenoxy) is 3. The van der Waals surface area contributed by atoms with Crippen molar-refractivity contribution in [3.05, 3.63) is 72.2 Å². The van der Waals surface area contributed by atoms with Gasteiger partial charge in [-0.15, -0.1) is 11.8 Å². The third kappa shape index (κ3) is 3.84.